The van der Waals surface area contributed by atoms with Crippen molar-refractivity contribution in [3.63, 3.8) is 0 Å². The third-order valence-corrected chi connectivity index (χ3v) is 6.90. The number of benzene rings is 1. The summed E-state index contributed by atoms with van der Waals surface area (Å²) < 4.78 is 28.3. The van der Waals surface area contributed by atoms with Gasteiger partial charge in [-0.1, -0.05) is 38.1 Å². The van der Waals surface area contributed by atoms with E-state index in [4.69, 9.17) is 0 Å². The highest BCUT2D eigenvalue weighted by atomic mass is 32.2. The average Bonchev–Trinajstić information content (AvgIpc) is 2.94. The van der Waals surface area contributed by atoms with Crippen molar-refractivity contribution in [2.24, 2.45) is 5.92 Å². The quantitative estimate of drug-likeness (QED) is 0.811. The van der Waals surface area contributed by atoms with Crippen LogP contribution in [-0.4, -0.2) is 42.6 Å². The van der Waals surface area contributed by atoms with E-state index in [0.29, 0.717) is 23.9 Å². The molecule has 3 rings (SSSR count). The predicted octanol–water partition coefficient (Wildman–Crippen LogP) is 2.39. The van der Waals surface area contributed by atoms with Crippen LogP contribution in [0.3, 0.4) is 0 Å². The first-order valence-corrected chi connectivity index (χ1v) is 10.6. The van der Waals surface area contributed by atoms with Gasteiger partial charge in [-0.25, -0.2) is 13.1 Å². The molecule has 2 heterocycles. The van der Waals surface area contributed by atoms with Crippen LogP contribution in [0.5, 0.6) is 0 Å². The van der Waals surface area contributed by atoms with Crippen LogP contribution in [0.4, 0.5) is 0 Å². The number of fused-ring (bicyclic) bond motifs is 1. The Bertz CT molecular complexity index is 854. The molecule has 1 aromatic heterocycles. The maximum absolute atomic E-state index is 12.8. The summed E-state index contributed by atoms with van der Waals surface area (Å²) >= 11 is 0. The van der Waals surface area contributed by atoms with Crippen LogP contribution in [-0.2, 0) is 23.0 Å². The molecule has 0 fully saturated rings. The van der Waals surface area contributed by atoms with Crippen molar-refractivity contribution in [2.45, 2.75) is 51.6 Å². The van der Waals surface area contributed by atoms with Crippen LogP contribution in [0.1, 0.15) is 36.4 Å². The number of aromatic nitrogens is 2. The van der Waals surface area contributed by atoms with Gasteiger partial charge in [0.2, 0.25) is 10.0 Å². The summed E-state index contributed by atoms with van der Waals surface area (Å²) in [6.45, 7) is 9.94. The van der Waals surface area contributed by atoms with Gasteiger partial charge in [-0.3, -0.25) is 10.00 Å². The highest BCUT2D eigenvalue weighted by Gasteiger charge is 2.29. The van der Waals surface area contributed by atoms with Gasteiger partial charge in [0, 0.05) is 25.7 Å². The zero-order valence-corrected chi connectivity index (χ0v) is 16.7. The van der Waals surface area contributed by atoms with Gasteiger partial charge in [-0.2, -0.15) is 5.10 Å². The molecule has 1 atom stereocenters. The van der Waals surface area contributed by atoms with E-state index in [1.165, 1.54) is 11.1 Å². The highest BCUT2D eigenvalue weighted by molar-refractivity contribution is 7.89. The zero-order valence-electron chi connectivity index (χ0n) is 15.9. The van der Waals surface area contributed by atoms with E-state index in [1.54, 1.807) is 13.8 Å². The second-order valence-electron chi connectivity index (χ2n) is 7.42. The largest absolute Gasteiger partial charge is 0.294 e. The molecule has 0 amide bonds. The van der Waals surface area contributed by atoms with E-state index in [2.05, 4.69) is 57.9 Å². The Morgan fingerprint density at radius 1 is 1.23 bits per heavy atom. The van der Waals surface area contributed by atoms with Crippen LogP contribution in [0.15, 0.2) is 29.2 Å². The fraction of sp³-hybridized carbons (Fsp3) is 0.526. The molecule has 0 saturated heterocycles. The molecule has 0 radical (unpaired) electrons. The van der Waals surface area contributed by atoms with Gasteiger partial charge in [-0.15, -0.1) is 0 Å². The third kappa shape index (κ3) is 3.84. The molecule has 0 aliphatic carbocycles. The number of hydrogen-bond acceptors (Lipinski definition) is 4. The number of sulfonamides is 1. The summed E-state index contributed by atoms with van der Waals surface area (Å²) in [7, 11) is -3.58. The van der Waals surface area contributed by atoms with Crippen LogP contribution >= 0.6 is 0 Å². The molecule has 142 valence electrons. The van der Waals surface area contributed by atoms with Gasteiger partial charge in [0.25, 0.3) is 0 Å². The van der Waals surface area contributed by atoms with Crippen molar-refractivity contribution >= 4 is 10.0 Å². The molecule has 2 N–H and O–H groups in total. The molecular weight excluding hydrogens is 348 g/mol. The van der Waals surface area contributed by atoms with Crippen LogP contribution in [0.2, 0.25) is 0 Å². The molecule has 1 aromatic carbocycles. The Hall–Kier alpha value is -1.70. The first-order valence-electron chi connectivity index (χ1n) is 9.11. The predicted molar refractivity (Wildman–Crippen MR) is 102 cm³/mol. The molecule has 6 nitrogen and oxygen atoms in total. The van der Waals surface area contributed by atoms with E-state index in [-0.39, 0.29) is 10.9 Å². The summed E-state index contributed by atoms with van der Waals surface area (Å²) in [5.74, 6) is 0.342. The molecule has 0 bridgehead atoms. The number of nitrogens with zero attached hydrogens (tertiary/aromatic N) is 2. The Morgan fingerprint density at radius 3 is 2.54 bits per heavy atom. The average molecular weight is 377 g/mol. The normalized spacial score (nSPS) is 16.7. The van der Waals surface area contributed by atoms with Crippen molar-refractivity contribution in [1.82, 2.24) is 19.8 Å². The first kappa shape index (κ1) is 19.1. The van der Waals surface area contributed by atoms with Gasteiger partial charge in [0.05, 0.1) is 11.4 Å². The van der Waals surface area contributed by atoms with Gasteiger partial charge < -0.3 is 0 Å². The fourth-order valence-corrected chi connectivity index (χ4v) is 5.21. The Balaban J connectivity index is 1.74. The van der Waals surface area contributed by atoms with Crippen molar-refractivity contribution in [3.8, 4) is 0 Å². The summed E-state index contributed by atoms with van der Waals surface area (Å²) in [5.41, 5.74) is 3.82. The molecule has 7 heteroatoms. The molecule has 0 saturated carbocycles. The van der Waals surface area contributed by atoms with E-state index in [1.807, 2.05) is 0 Å². The molecule has 26 heavy (non-hydrogen) atoms. The summed E-state index contributed by atoms with van der Waals surface area (Å²) in [5, 5.41) is 6.75. The van der Waals surface area contributed by atoms with Gasteiger partial charge >= 0.3 is 0 Å². The minimum atomic E-state index is -3.58. The van der Waals surface area contributed by atoms with Gasteiger partial charge in [0.1, 0.15) is 4.90 Å². The highest BCUT2D eigenvalue weighted by Crippen LogP contribution is 2.23. The topological polar surface area (TPSA) is 78.1 Å². The number of aromatic amines is 1. The van der Waals surface area contributed by atoms with Crippen molar-refractivity contribution in [3.05, 3.63) is 46.8 Å². The van der Waals surface area contributed by atoms with Crippen molar-refractivity contribution in [2.75, 3.05) is 13.1 Å². The fourth-order valence-electron chi connectivity index (χ4n) is 3.79. The first-order chi connectivity index (χ1) is 12.3. The number of H-pyrrole nitrogens is 1. The SMILES string of the molecule is Cc1n[nH]c(C)c1S(=O)(=O)NCC(C(C)C)N1CCc2ccccc2C1. The van der Waals surface area contributed by atoms with Crippen molar-refractivity contribution in [1.29, 1.82) is 0 Å². The Morgan fingerprint density at radius 2 is 1.92 bits per heavy atom. The smallest absolute Gasteiger partial charge is 0.244 e. The molecule has 1 aliphatic heterocycles. The third-order valence-electron chi connectivity index (χ3n) is 5.21. The van der Waals surface area contributed by atoms with E-state index in [0.717, 1.165) is 19.5 Å². The van der Waals surface area contributed by atoms with Gasteiger partial charge in [-0.05, 0) is 37.3 Å². The van der Waals surface area contributed by atoms with E-state index >= 15 is 0 Å². The maximum Gasteiger partial charge on any atom is 0.244 e. The zero-order chi connectivity index (χ0) is 18.9. The second-order valence-corrected chi connectivity index (χ2v) is 9.12. The van der Waals surface area contributed by atoms with E-state index in [9.17, 15) is 8.42 Å². The number of hydrogen-bond donors (Lipinski definition) is 2. The van der Waals surface area contributed by atoms with Crippen LogP contribution in [0, 0.1) is 19.8 Å². The van der Waals surface area contributed by atoms with Crippen LogP contribution < -0.4 is 4.72 Å². The molecule has 1 unspecified atom stereocenters. The van der Waals surface area contributed by atoms with Gasteiger partial charge in [0.15, 0.2) is 0 Å². The Labute approximate surface area is 156 Å². The Kier molecular flexibility index (Phi) is 5.50. The second kappa shape index (κ2) is 7.50. The molecule has 0 spiro atoms. The van der Waals surface area contributed by atoms with Crippen molar-refractivity contribution < 1.29 is 8.42 Å². The number of rotatable bonds is 6. The molecular formula is C19H28N4O2S. The lowest BCUT2D eigenvalue weighted by Crippen LogP contribution is -2.48. The molecule has 2 aromatic rings. The summed E-state index contributed by atoms with van der Waals surface area (Å²) in [6.07, 6.45) is 1.01. The van der Waals surface area contributed by atoms with E-state index < -0.39 is 10.0 Å². The van der Waals surface area contributed by atoms with Crippen LogP contribution in [0.25, 0.3) is 0 Å². The summed E-state index contributed by atoms with van der Waals surface area (Å²) in [4.78, 5) is 2.66. The standard InChI is InChI=1S/C19H28N4O2S/c1-13(2)18(23-10-9-16-7-5-6-8-17(16)12-23)11-20-26(24,25)19-14(3)21-22-15(19)4/h5-8,13,18,20H,9-12H2,1-4H3,(H,21,22). The summed E-state index contributed by atoms with van der Waals surface area (Å²) in [6, 6.07) is 8.65. The lowest BCUT2D eigenvalue weighted by atomic mass is 9.95. The monoisotopic (exact) mass is 376 g/mol. The lowest BCUT2D eigenvalue weighted by molar-refractivity contribution is 0.141. The maximum atomic E-state index is 12.8. The lowest BCUT2D eigenvalue weighted by Gasteiger charge is -2.38. The number of nitrogens with one attached hydrogen (secondary N) is 2. The minimum Gasteiger partial charge on any atom is -0.294 e. The molecule has 1 aliphatic rings. The number of aryl methyl sites for hydroxylation is 2. The minimum absolute atomic E-state index is 0.144.